The Morgan fingerprint density at radius 1 is 1.33 bits per heavy atom. The molecule has 7 heteroatoms. The molecule has 0 saturated heterocycles. The van der Waals surface area contributed by atoms with Crippen molar-refractivity contribution in [1.82, 2.24) is 0 Å². The van der Waals surface area contributed by atoms with E-state index in [1.54, 1.807) is 0 Å². The molecule has 1 aromatic rings. The predicted molar refractivity (Wildman–Crippen MR) is 57.4 cm³/mol. The number of ketones is 1. The van der Waals surface area contributed by atoms with E-state index >= 15 is 0 Å². The fourth-order valence-electron chi connectivity index (χ4n) is 1.24. The van der Waals surface area contributed by atoms with Crippen molar-refractivity contribution in [3.63, 3.8) is 0 Å². The maximum atomic E-state index is 12.7. The number of hydrogen-bond donors (Lipinski definition) is 0. The van der Waals surface area contributed by atoms with Crippen LogP contribution in [-0.4, -0.2) is 18.4 Å². The number of alkyl halides is 3. The van der Waals surface area contributed by atoms with E-state index in [9.17, 15) is 22.8 Å². The maximum Gasteiger partial charge on any atom is 0.417 e. The largest absolute Gasteiger partial charge is 0.457 e. The summed E-state index contributed by atoms with van der Waals surface area (Å²) < 4.78 is 42.4. The normalized spacial score (nSPS) is 11.2. The molecule has 0 radical (unpaired) electrons. The fourth-order valence-corrected chi connectivity index (χ4v) is 1.41. The molecule has 0 aromatic heterocycles. The van der Waals surface area contributed by atoms with E-state index in [4.69, 9.17) is 11.6 Å². The minimum atomic E-state index is -4.70. The number of Topliss-reactive ketones (excluding diaryl/α,β-unsaturated/α-hetero) is 1. The minimum Gasteiger partial charge on any atom is -0.457 e. The number of carbonyl (C=O) groups excluding carboxylic acids is 2. The van der Waals surface area contributed by atoms with E-state index in [1.807, 2.05) is 0 Å². The summed E-state index contributed by atoms with van der Waals surface area (Å²) in [5.41, 5.74) is -1.72. The Labute approximate surface area is 105 Å². The number of carbonyl (C=O) groups is 2. The van der Waals surface area contributed by atoms with Crippen LogP contribution >= 0.6 is 11.6 Å². The van der Waals surface area contributed by atoms with E-state index in [-0.39, 0.29) is 5.02 Å². The summed E-state index contributed by atoms with van der Waals surface area (Å²) in [5, 5.41) is -0.133. The Morgan fingerprint density at radius 2 is 1.94 bits per heavy atom. The van der Waals surface area contributed by atoms with Crippen LogP contribution in [0.25, 0.3) is 0 Å². The lowest BCUT2D eigenvalue weighted by molar-refractivity contribution is -0.139. The van der Waals surface area contributed by atoms with E-state index in [0.29, 0.717) is 6.07 Å². The Kier molecular flexibility index (Phi) is 4.34. The summed E-state index contributed by atoms with van der Waals surface area (Å²) in [6, 6.07) is 2.78. The van der Waals surface area contributed by atoms with E-state index in [0.717, 1.165) is 19.1 Å². The monoisotopic (exact) mass is 280 g/mol. The van der Waals surface area contributed by atoms with Crippen LogP contribution in [0.2, 0.25) is 5.02 Å². The predicted octanol–water partition coefficient (Wildman–Crippen LogP) is 3.10. The Hall–Kier alpha value is -1.56. The first-order valence-corrected chi connectivity index (χ1v) is 5.13. The van der Waals surface area contributed by atoms with Crippen molar-refractivity contribution in [3.8, 4) is 0 Å². The molecule has 0 aliphatic carbocycles. The van der Waals surface area contributed by atoms with Gasteiger partial charge in [0.1, 0.15) is 0 Å². The van der Waals surface area contributed by atoms with Crippen molar-refractivity contribution in [2.45, 2.75) is 13.1 Å². The molecule has 0 spiro atoms. The molecule has 0 aliphatic rings. The molecule has 0 bridgehead atoms. The van der Waals surface area contributed by atoms with Crippen LogP contribution in [0.3, 0.4) is 0 Å². The van der Waals surface area contributed by atoms with Crippen LogP contribution in [0, 0.1) is 0 Å². The van der Waals surface area contributed by atoms with Gasteiger partial charge in [0.25, 0.3) is 0 Å². The third-order valence-electron chi connectivity index (χ3n) is 1.99. The summed E-state index contributed by atoms with van der Waals surface area (Å²) in [4.78, 5) is 22.0. The zero-order valence-corrected chi connectivity index (χ0v) is 9.93. The van der Waals surface area contributed by atoms with Gasteiger partial charge in [0.2, 0.25) is 5.78 Å². The molecule has 0 heterocycles. The van der Waals surface area contributed by atoms with Gasteiger partial charge in [0.05, 0.1) is 5.56 Å². The molecule has 3 nitrogen and oxygen atoms in total. The van der Waals surface area contributed by atoms with Gasteiger partial charge in [-0.05, 0) is 18.2 Å². The van der Waals surface area contributed by atoms with Crippen LogP contribution in [0.15, 0.2) is 18.2 Å². The topological polar surface area (TPSA) is 43.4 Å². The Bertz CT molecular complexity index is 483. The first-order chi connectivity index (χ1) is 8.21. The highest BCUT2D eigenvalue weighted by Crippen LogP contribution is 2.33. The number of hydrogen-bond acceptors (Lipinski definition) is 3. The molecule has 0 atom stereocenters. The smallest absolute Gasteiger partial charge is 0.417 e. The summed E-state index contributed by atoms with van der Waals surface area (Å²) >= 11 is 5.46. The summed E-state index contributed by atoms with van der Waals surface area (Å²) in [7, 11) is 0. The molecule has 0 unspecified atom stereocenters. The zero-order valence-electron chi connectivity index (χ0n) is 9.18. The van der Waals surface area contributed by atoms with Gasteiger partial charge in [0, 0.05) is 17.5 Å². The molecule has 0 fully saturated rings. The lowest BCUT2D eigenvalue weighted by atomic mass is 10.0. The van der Waals surface area contributed by atoms with Gasteiger partial charge >= 0.3 is 12.1 Å². The van der Waals surface area contributed by atoms with Crippen molar-refractivity contribution in [2.75, 3.05) is 6.61 Å². The Balaban J connectivity index is 3.08. The molecule has 0 amide bonds. The summed E-state index contributed by atoms with van der Waals surface area (Å²) in [6.45, 7) is 0.319. The molecule has 98 valence electrons. The van der Waals surface area contributed by atoms with Crippen LogP contribution in [0.5, 0.6) is 0 Å². The van der Waals surface area contributed by atoms with E-state index in [2.05, 4.69) is 4.74 Å². The second kappa shape index (κ2) is 5.39. The zero-order chi connectivity index (χ0) is 13.9. The minimum absolute atomic E-state index is 0.133. The van der Waals surface area contributed by atoms with Crippen LogP contribution < -0.4 is 0 Å². The third-order valence-corrected chi connectivity index (χ3v) is 2.23. The average molecular weight is 281 g/mol. The first kappa shape index (κ1) is 14.5. The molecular formula is C11H8ClF3O3. The average Bonchev–Trinajstić information content (AvgIpc) is 2.24. The highest BCUT2D eigenvalue weighted by molar-refractivity contribution is 6.30. The van der Waals surface area contributed by atoms with Gasteiger partial charge in [-0.1, -0.05) is 11.6 Å². The number of halogens is 4. The number of esters is 1. The van der Waals surface area contributed by atoms with Gasteiger partial charge in [-0.2, -0.15) is 13.2 Å². The number of rotatable bonds is 3. The van der Waals surface area contributed by atoms with Crippen LogP contribution in [0.1, 0.15) is 22.8 Å². The van der Waals surface area contributed by atoms with E-state index in [1.165, 1.54) is 0 Å². The van der Waals surface area contributed by atoms with Crippen molar-refractivity contribution in [2.24, 2.45) is 0 Å². The van der Waals surface area contributed by atoms with Gasteiger partial charge < -0.3 is 4.74 Å². The maximum absolute atomic E-state index is 12.7. The Morgan fingerprint density at radius 3 is 2.44 bits per heavy atom. The van der Waals surface area contributed by atoms with Crippen molar-refractivity contribution in [1.29, 1.82) is 0 Å². The molecule has 18 heavy (non-hydrogen) atoms. The van der Waals surface area contributed by atoms with Crippen molar-refractivity contribution < 1.29 is 27.5 Å². The first-order valence-electron chi connectivity index (χ1n) is 4.75. The highest BCUT2D eigenvalue weighted by atomic mass is 35.5. The lowest BCUT2D eigenvalue weighted by Gasteiger charge is -2.12. The standard InChI is InChI=1S/C11H8ClF3O3/c1-6(16)18-5-10(17)8-3-2-7(12)4-9(8)11(13,14)15/h2-4H,5H2,1H3. The van der Waals surface area contributed by atoms with Gasteiger partial charge in [0.15, 0.2) is 6.61 Å². The fraction of sp³-hybridized carbons (Fsp3) is 0.273. The molecule has 1 rings (SSSR count). The number of benzene rings is 1. The van der Waals surface area contributed by atoms with Gasteiger partial charge in [-0.25, -0.2) is 0 Å². The molecular weight excluding hydrogens is 273 g/mol. The van der Waals surface area contributed by atoms with Gasteiger partial charge in [-0.15, -0.1) is 0 Å². The van der Waals surface area contributed by atoms with Crippen molar-refractivity contribution >= 4 is 23.4 Å². The second-order valence-electron chi connectivity index (χ2n) is 3.39. The van der Waals surface area contributed by atoms with Crippen LogP contribution in [-0.2, 0) is 15.7 Å². The van der Waals surface area contributed by atoms with Crippen LogP contribution in [0.4, 0.5) is 13.2 Å². The molecule has 1 aromatic carbocycles. The summed E-state index contributed by atoms with van der Waals surface area (Å²) in [6.07, 6.45) is -4.70. The number of ether oxygens (including phenoxy) is 1. The molecule has 0 aliphatic heterocycles. The van der Waals surface area contributed by atoms with Gasteiger partial charge in [-0.3, -0.25) is 9.59 Å². The molecule has 0 N–H and O–H groups in total. The lowest BCUT2D eigenvalue weighted by Crippen LogP contribution is -2.17. The highest BCUT2D eigenvalue weighted by Gasteiger charge is 2.35. The second-order valence-corrected chi connectivity index (χ2v) is 3.83. The summed E-state index contributed by atoms with van der Waals surface area (Å²) in [5.74, 6) is -1.68. The molecule has 0 saturated carbocycles. The quantitative estimate of drug-likeness (QED) is 0.631. The third kappa shape index (κ3) is 3.73. The SMILES string of the molecule is CC(=O)OCC(=O)c1ccc(Cl)cc1C(F)(F)F. The van der Waals surface area contributed by atoms with Crippen molar-refractivity contribution in [3.05, 3.63) is 34.3 Å². The van der Waals surface area contributed by atoms with E-state index < -0.39 is 35.7 Å².